The maximum absolute atomic E-state index is 6.93. The molecule has 254 valence electrons. The number of para-hydroxylation sites is 2. The van der Waals surface area contributed by atoms with Crippen LogP contribution in [0.5, 0.6) is 0 Å². The van der Waals surface area contributed by atoms with Gasteiger partial charge in [0.2, 0.25) is 0 Å². The SMILES string of the molecule is CC1(C)c2ccccc2-c2c1ccc1c2oc2c(-c3ccc(-n4c5ccccc5c5cc(-c6ccc7sc8ccccc8c7c6)ccc54)cc3)cccc21. The molecule has 0 saturated carbocycles. The van der Waals surface area contributed by atoms with Crippen molar-refractivity contribution in [2.75, 3.05) is 0 Å². The molecule has 0 spiro atoms. The molecular weight excluding hydrogens is 675 g/mol. The van der Waals surface area contributed by atoms with Crippen LogP contribution in [-0.4, -0.2) is 4.57 Å². The van der Waals surface area contributed by atoms with Crippen LogP contribution in [0.4, 0.5) is 0 Å². The monoisotopic (exact) mass is 707 g/mol. The second-order valence-electron chi connectivity index (χ2n) is 15.3. The first-order valence-corrected chi connectivity index (χ1v) is 19.5. The van der Waals surface area contributed by atoms with Crippen molar-refractivity contribution in [3.63, 3.8) is 0 Å². The maximum atomic E-state index is 6.93. The number of hydrogen-bond donors (Lipinski definition) is 0. The van der Waals surface area contributed by atoms with Crippen LogP contribution in [0, 0.1) is 0 Å². The molecule has 11 aromatic rings. The molecule has 1 aliphatic carbocycles. The molecular formula is C51H33NOS. The van der Waals surface area contributed by atoms with Crippen molar-refractivity contribution in [3.8, 4) is 39.1 Å². The topological polar surface area (TPSA) is 18.1 Å². The van der Waals surface area contributed by atoms with Gasteiger partial charge in [-0.2, -0.15) is 0 Å². The largest absolute Gasteiger partial charge is 0.455 e. The minimum Gasteiger partial charge on any atom is -0.455 e. The van der Waals surface area contributed by atoms with E-state index in [-0.39, 0.29) is 5.41 Å². The highest BCUT2D eigenvalue weighted by Gasteiger charge is 2.37. The number of fused-ring (bicyclic) bond motifs is 13. The van der Waals surface area contributed by atoms with E-state index in [4.69, 9.17) is 4.42 Å². The number of hydrogen-bond acceptors (Lipinski definition) is 2. The maximum Gasteiger partial charge on any atom is 0.143 e. The normalized spacial score (nSPS) is 13.5. The summed E-state index contributed by atoms with van der Waals surface area (Å²) < 4.78 is 12.0. The zero-order valence-corrected chi connectivity index (χ0v) is 30.7. The van der Waals surface area contributed by atoms with Crippen molar-refractivity contribution < 1.29 is 4.42 Å². The van der Waals surface area contributed by atoms with Gasteiger partial charge in [-0.15, -0.1) is 11.3 Å². The second-order valence-corrected chi connectivity index (χ2v) is 16.3. The van der Waals surface area contributed by atoms with Crippen LogP contribution in [0.2, 0.25) is 0 Å². The molecule has 0 unspecified atom stereocenters. The van der Waals surface area contributed by atoms with Gasteiger partial charge >= 0.3 is 0 Å². The zero-order chi connectivity index (χ0) is 35.7. The third kappa shape index (κ3) is 4.05. The Hall–Kier alpha value is -6.42. The van der Waals surface area contributed by atoms with Gasteiger partial charge in [-0.25, -0.2) is 0 Å². The van der Waals surface area contributed by atoms with Crippen molar-refractivity contribution >= 4 is 75.3 Å². The van der Waals surface area contributed by atoms with E-state index in [1.54, 1.807) is 0 Å². The molecule has 0 fully saturated rings. The molecule has 54 heavy (non-hydrogen) atoms. The summed E-state index contributed by atoms with van der Waals surface area (Å²) in [4.78, 5) is 0. The Bertz CT molecular complexity index is 3350. The van der Waals surface area contributed by atoms with Gasteiger partial charge in [-0.05, 0) is 81.9 Å². The molecule has 3 aromatic heterocycles. The molecule has 3 heteroatoms. The number of furan rings is 1. The Morgan fingerprint density at radius 1 is 0.444 bits per heavy atom. The van der Waals surface area contributed by atoms with E-state index >= 15 is 0 Å². The summed E-state index contributed by atoms with van der Waals surface area (Å²) in [6.07, 6.45) is 0. The number of benzene rings is 8. The van der Waals surface area contributed by atoms with Gasteiger partial charge in [-0.1, -0.05) is 129 Å². The summed E-state index contributed by atoms with van der Waals surface area (Å²) in [5, 5.41) is 7.49. The van der Waals surface area contributed by atoms with Gasteiger partial charge in [0.25, 0.3) is 0 Å². The third-order valence-corrected chi connectivity index (χ3v) is 13.2. The molecule has 0 saturated heterocycles. The summed E-state index contributed by atoms with van der Waals surface area (Å²) in [5.74, 6) is 0. The summed E-state index contributed by atoms with van der Waals surface area (Å²) in [7, 11) is 0. The van der Waals surface area contributed by atoms with Gasteiger partial charge in [-0.3, -0.25) is 0 Å². The fourth-order valence-electron chi connectivity index (χ4n) is 9.40. The smallest absolute Gasteiger partial charge is 0.143 e. The summed E-state index contributed by atoms with van der Waals surface area (Å²) in [6.45, 7) is 4.64. The molecule has 0 radical (unpaired) electrons. The highest BCUT2D eigenvalue weighted by Crippen LogP contribution is 2.53. The first-order valence-electron chi connectivity index (χ1n) is 18.7. The van der Waals surface area contributed by atoms with Crippen molar-refractivity contribution in [2.24, 2.45) is 0 Å². The molecule has 3 heterocycles. The predicted molar refractivity (Wildman–Crippen MR) is 229 cm³/mol. The Balaban J connectivity index is 0.974. The molecule has 2 nitrogen and oxygen atoms in total. The van der Waals surface area contributed by atoms with E-state index in [0.717, 1.165) is 33.4 Å². The minimum atomic E-state index is -0.0696. The van der Waals surface area contributed by atoms with Crippen LogP contribution in [0.3, 0.4) is 0 Å². The van der Waals surface area contributed by atoms with E-state index in [1.807, 2.05) is 11.3 Å². The summed E-state index contributed by atoms with van der Waals surface area (Å²) in [6, 6.07) is 60.3. The second kappa shape index (κ2) is 10.8. The lowest BCUT2D eigenvalue weighted by Gasteiger charge is -2.21. The fraction of sp³-hybridized carbons (Fsp3) is 0.0588. The van der Waals surface area contributed by atoms with Crippen LogP contribution in [-0.2, 0) is 5.41 Å². The Labute approximate surface area is 316 Å². The molecule has 12 rings (SSSR count). The molecule has 8 aromatic carbocycles. The molecule has 0 bridgehead atoms. The fourth-order valence-corrected chi connectivity index (χ4v) is 10.5. The Morgan fingerprint density at radius 2 is 1.09 bits per heavy atom. The predicted octanol–water partition coefficient (Wildman–Crippen LogP) is 14.7. The van der Waals surface area contributed by atoms with Crippen molar-refractivity contribution in [1.29, 1.82) is 0 Å². The first kappa shape index (κ1) is 30.1. The van der Waals surface area contributed by atoms with Crippen LogP contribution in [0.1, 0.15) is 25.0 Å². The lowest BCUT2D eigenvalue weighted by Crippen LogP contribution is -2.14. The highest BCUT2D eigenvalue weighted by molar-refractivity contribution is 7.25. The van der Waals surface area contributed by atoms with Gasteiger partial charge < -0.3 is 8.98 Å². The quantitative estimate of drug-likeness (QED) is 0.179. The Kier molecular flexibility index (Phi) is 6.03. The van der Waals surface area contributed by atoms with Crippen molar-refractivity contribution in [2.45, 2.75) is 19.3 Å². The van der Waals surface area contributed by atoms with E-state index in [0.29, 0.717) is 0 Å². The van der Waals surface area contributed by atoms with Gasteiger partial charge in [0.05, 0.1) is 11.0 Å². The molecule has 1 aliphatic rings. The van der Waals surface area contributed by atoms with Gasteiger partial charge in [0, 0.05) is 63.9 Å². The van der Waals surface area contributed by atoms with E-state index in [9.17, 15) is 0 Å². The molecule has 0 amide bonds. The zero-order valence-electron chi connectivity index (χ0n) is 29.9. The average molecular weight is 708 g/mol. The van der Waals surface area contributed by atoms with Crippen molar-refractivity contribution in [1.82, 2.24) is 4.57 Å². The average Bonchev–Trinajstić information content (AvgIpc) is 3.94. The summed E-state index contributed by atoms with van der Waals surface area (Å²) in [5.41, 5.74) is 15.3. The first-order chi connectivity index (χ1) is 26.5. The Morgan fingerprint density at radius 3 is 1.98 bits per heavy atom. The highest BCUT2D eigenvalue weighted by atomic mass is 32.1. The molecule has 0 atom stereocenters. The van der Waals surface area contributed by atoms with E-state index in [2.05, 4.69) is 182 Å². The summed E-state index contributed by atoms with van der Waals surface area (Å²) >= 11 is 1.86. The molecule has 0 aliphatic heterocycles. The lowest BCUT2D eigenvalue weighted by atomic mass is 9.82. The van der Waals surface area contributed by atoms with Gasteiger partial charge in [0.15, 0.2) is 0 Å². The van der Waals surface area contributed by atoms with E-state index in [1.165, 1.54) is 80.7 Å². The van der Waals surface area contributed by atoms with Crippen molar-refractivity contribution in [3.05, 3.63) is 175 Å². The van der Waals surface area contributed by atoms with Gasteiger partial charge in [0.1, 0.15) is 11.2 Å². The minimum absolute atomic E-state index is 0.0696. The molecule has 0 N–H and O–H groups in total. The van der Waals surface area contributed by atoms with E-state index < -0.39 is 0 Å². The van der Waals surface area contributed by atoms with Crippen LogP contribution in [0.25, 0.3) is 103 Å². The van der Waals surface area contributed by atoms with Crippen LogP contribution >= 0.6 is 11.3 Å². The van der Waals surface area contributed by atoms with Crippen LogP contribution < -0.4 is 0 Å². The number of thiophene rings is 1. The number of rotatable bonds is 3. The third-order valence-electron chi connectivity index (χ3n) is 12.0. The number of aromatic nitrogens is 1. The lowest BCUT2D eigenvalue weighted by molar-refractivity contribution is 0.653. The standard InChI is InChI=1S/C51H33NOS/c1-51(2)42-15-6-3-12-39(42)48-43(51)25-24-38-37-14-9-13-34(49(37)53-50(38)48)30-18-22-33(23-19-30)52-44-16-7-4-10-35(44)40-28-31(20-26-45(40)52)32-21-27-47-41(29-32)36-11-5-8-17-46(36)54-47/h3-29H,1-2H3. The van der Waals surface area contributed by atoms with Crippen LogP contribution in [0.15, 0.2) is 168 Å². The number of nitrogens with zero attached hydrogens (tertiary/aromatic N) is 1.